The van der Waals surface area contributed by atoms with E-state index in [0.717, 1.165) is 0 Å². The van der Waals surface area contributed by atoms with Crippen molar-refractivity contribution in [2.75, 3.05) is 43.2 Å². The molecule has 3 amide bonds. The summed E-state index contributed by atoms with van der Waals surface area (Å²) in [6.07, 6.45) is -1.11. The van der Waals surface area contributed by atoms with Crippen LogP contribution in [0.2, 0.25) is 0 Å². The molecule has 12 heteroatoms. The van der Waals surface area contributed by atoms with Crippen molar-refractivity contribution in [3.05, 3.63) is 16.3 Å². The maximum Gasteiger partial charge on any atom is 0.253 e. The number of carbonyl (C=O) groups excluding carboxylic acids is 3. The first-order chi connectivity index (χ1) is 13.5. The van der Waals surface area contributed by atoms with Crippen LogP contribution in [0, 0.1) is 10.7 Å². The summed E-state index contributed by atoms with van der Waals surface area (Å²) in [5, 5.41) is 30.5. The van der Waals surface area contributed by atoms with Crippen molar-refractivity contribution >= 4 is 96.9 Å². The van der Waals surface area contributed by atoms with Crippen LogP contribution < -0.4 is 15.1 Å². The summed E-state index contributed by atoms with van der Waals surface area (Å²) >= 11 is 5.95. The lowest BCUT2D eigenvalue weighted by Crippen LogP contribution is -2.37. The van der Waals surface area contributed by atoms with Crippen LogP contribution in [0.25, 0.3) is 0 Å². The molecule has 4 N–H and O–H groups in total. The molecule has 0 aliphatic carbocycles. The molecule has 1 rings (SSSR count). The van der Waals surface area contributed by atoms with Gasteiger partial charge in [-0.1, -0.05) is 0 Å². The molecule has 0 saturated heterocycles. The van der Waals surface area contributed by atoms with E-state index in [2.05, 4.69) is 5.32 Å². The molecule has 1 atom stereocenters. The second kappa shape index (κ2) is 11.9. The molecule has 0 spiro atoms. The first kappa shape index (κ1) is 26.7. The standard InChI is InChI=1S/C17H22I3N3O6/c1-8(26)22(3)15-12(18)11(17(29)21-6-10(28)7-25)13(19)16(14(15)20)23(4-5-24)9(2)27/h10,24-25,28H,4-7H2,1-3H3,(H,21,29). The van der Waals surface area contributed by atoms with Gasteiger partial charge in [0, 0.05) is 34.0 Å². The van der Waals surface area contributed by atoms with Crippen LogP contribution in [0.4, 0.5) is 11.4 Å². The van der Waals surface area contributed by atoms with Crippen LogP contribution in [-0.4, -0.2) is 72.5 Å². The molecule has 0 bridgehead atoms. The summed E-state index contributed by atoms with van der Waals surface area (Å²) < 4.78 is 1.56. The SMILES string of the molecule is CC(=O)N(C)c1c(I)c(C(=O)NCC(O)CO)c(I)c(N(CCO)C(C)=O)c1I. The number of halogens is 3. The molecule has 0 fully saturated rings. The Kier molecular flexibility index (Phi) is 11.0. The number of anilines is 2. The Morgan fingerprint density at radius 2 is 1.55 bits per heavy atom. The van der Waals surface area contributed by atoms with Gasteiger partial charge < -0.3 is 30.4 Å². The van der Waals surface area contributed by atoms with Crippen molar-refractivity contribution in [1.29, 1.82) is 0 Å². The van der Waals surface area contributed by atoms with Crippen molar-refractivity contribution < 1.29 is 29.7 Å². The van der Waals surface area contributed by atoms with Gasteiger partial charge in [0.25, 0.3) is 5.91 Å². The molecule has 0 aromatic heterocycles. The van der Waals surface area contributed by atoms with E-state index in [0.29, 0.717) is 22.1 Å². The summed E-state index contributed by atoms with van der Waals surface area (Å²) in [4.78, 5) is 39.9. The highest BCUT2D eigenvalue weighted by atomic mass is 127. The molecule has 1 unspecified atom stereocenters. The molecule has 0 aliphatic heterocycles. The number of nitrogens with one attached hydrogen (secondary N) is 1. The van der Waals surface area contributed by atoms with Crippen LogP contribution in [-0.2, 0) is 9.59 Å². The zero-order valence-corrected chi connectivity index (χ0v) is 22.5. The number of hydrogen-bond acceptors (Lipinski definition) is 6. The second-order valence-electron chi connectivity index (χ2n) is 6.03. The summed E-state index contributed by atoms with van der Waals surface area (Å²) in [7, 11) is 1.57. The molecule has 0 saturated carbocycles. The van der Waals surface area contributed by atoms with Gasteiger partial charge in [-0.05, 0) is 67.8 Å². The maximum atomic E-state index is 12.9. The first-order valence-electron chi connectivity index (χ1n) is 8.40. The van der Waals surface area contributed by atoms with Gasteiger partial charge in [-0.2, -0.15) is 0 Å². The van der Waals surface area contributed by atoms with Crippen molar-refractivity contribution in [3.63, 3.8) is 0 Å². The molecule has 29 heavy (non-hydrogen) atoms. The normalized spacial score (nSPS) is 11.8. The number of aliphatic hydroxyl groups excluding tert-OH is 3. The molecule has 0 radical (unpaired) electrons. The number of carbonyl (C=O) groups is 3. The maximum absolute atomic E-state index is 12.9. The first-order valence-corrected chi connectivity index (χ1v) is 11.6. The summed E-state index contributed by atoms with van der Waals surface area (Å²) in [5.41, 5.74) is 1.12. The summed E-state index contributed by atoms with van der Waals surface area (Å²) in [6.45, 7) is 1.82. The van der Waals surface area contributed by atoms with E-state index in [1.165, 1.54) is 23.6 Å². The highest BCUT2D eigenvalue weighted by Gasteiger charge is 2.30. The molecule has 1 aromatic rings. The number of aliphatic hydroxyl groups is 3. The topological polar surface area (TPSA) is 130 Å². The van der Waals surface area contributed by atoms with E-state index in [-0.39, 0.29) is 37.1 Å². The fourth-order valence-electron chi connectivity index (χ4n) is 2.42. The smallest absolute Gasteiger partial charge is 0.253 e. The highest BCUT2D eigenvalue weighted by molar-refractivity contribution is 14.1. The molecular weight excluding hydrogens is 723 g/mol. The average molecular weight is 745 g/mol. The van der Waals surface area contributed by atoms with Crippen LogP contribution in [0.1, 0.15) is 24.2 Å². The third-order valence-electron chi connectivity index (χ3n) is 3.99. The lowest BCUT2D eigenvalue weighted by atomic mass is 10.1. The quantitative estimate of drug-likeness (QED) is 0.293. The van der Waals surface area contributed by atoms with E-state index < -0.39 is 18.6 Å². The van der Waals surface area contributed by atoms with Crippen LogP contribution in [0.5, 0.6) is 0 Å². The molecule has 1 aromatic carbocycles. The monoisotopic (exact) mass is 745 g/mol. The Morgan fingerprint density at radius 3 is 2.00 bits per heavy atom. The zero-order chi connectivity index (χ0) is 22.5. The predicted molar refractivity (Wildman–Crippen MR) is 134 cm³/mol. The molecular formula is C17H22I3N3O6. The van der Waals surface area contributed by atoms with Crippen LogP contribution in [0.3, 0.4) is 0 Å². The number of benzene rings is 1. The zero-order valence-electron chi connectivity index (χ0n) is 16.0. The summed E-state index contributed by atoms with van der Waals surface area (Å²) in [6, 6.07) is 0. The van der Waals surface area contributed by atoms with Crippen LogP contribution in [0.15, 0.2) is 0 Å². The van der Waals surface area contributed by atoms with Gasteiger partial charge >= 0.3 is 0 Å². The third kappa shape index (κ3) is 6.34. The fraction of sp³-hybridized carbons (Fsp3) is 0.471. The largest absolute Gasteiger partial charge is 0.395 e. The van der Waals surface area contributed by atoms with Gasteiger partial charge in [0.05, 0.1) is 47.0 Å². The van der Waals surface area contributed by atoms with Gasteiger partial charge in [0.1, 0.15) is 0 Å². The average Bonchev–Trinajstić information content (AvgIpc) is 2.64. The molecule has 9 nitrogen and oxygen atoms in total. The van der Waals surface area contributed by atoms with E-state index in [1.807, 2.05) is 67.8 Å². The van der Waals surface area contributed by atoms with Gasteiger partial charge in [0.2, 0.25) is 11.8 Å². The molecule has 0 aliphatic rings. The minimum absolute atomic E-state index is 0.0233. The lowest BCUT2D eigenvalue weighted by Gasteiger charge is -2.29. The van der Waals surface area contributed by atoms with Crippen molar-refractivity contribution in [2.24, 2.45) is 0 Å². The Balaban J connectivity index is 3.77. The second-order valence-corrected chi connectivity index (χ2v) is 9.27. The Morgan fingerprint density at radius 1 is 1.00 bits per heavy atom. The van der Waals surface area contributed by atoms with E-state index >= 15 is 0 Å². The van der Waals surface area contributed by atoms with Crippen molar-refractivity contribution in [1.82, 2.24) is 5.32 Å². The number of nitrogens with zero attached hydrogens (tertiary/aromatic N) is 2. The Bertz CT molecular complexity index is 805. The highest BCUT2D eigenvalue weighted by Crippen LogP contribution is 2.42. The van der Waals surface area contributed by atoms with Gasteiger partial charge in [-0.3, -0.25) is 14.4 Å². The Labute approximate surface area is 209 Å². The van der Waals surface area contributed by atoms with E-state index in [1.54, 1.807) is 7.05 Å². The minimum atomic E-state index is -1.11. The predicted octanol–water partition coefficient (Wildman–Crippen LogP) is 0.911. The molecule has 162 valence electrons. The van der Waals surface area contributed by atoms with E-state index in [4.69, 9.17) is 5.11 Å². The van der Waals surface area contributed by atoms with Crippen molar-refractivity contribution in [2.45, 2.75) is 20.0 Å². The van der Waals surface area contributed by atoms with Crippen molar-refractivity contribution in [3.8, 4) is 0 Å². The summed E-state index contributed by atoms with van der Waals surface area (Å²) in [5.74, 6) is -1.10. The van der Waals surface area contributed by atoms with Gasteiger partial charge in [0.15, 0.2) is 0 Å². The number of hydrogen-bond donors (Lipinski definition) is 4. The number of rotatable bonds is 8. The minimum Gasteiger partial charge on any atom is -0.395 e. The number of amides is 3. The van der Waals surface area contributed by atoms with Crippen LogP contribution >= 0.6 is 67.8 Å². The van der Waals surface area contributed by atoms with Gasteiger partial charge in [-0.25, -0.2) is 0 Å². The van der Waals surface area contributed by atoms with E-state index in [9.17, 15) is 24.6 Å². The van der Waals surface area contributed by atoms with Gasteiger partial charge in [-0.15, -0.1) is 0 Å². The Hall–Kier alpha value is -0.300. The fourth-order valence-corrected chi connectivity index (χ4v) is 7.38. The lowest BCUT2D eigenvalue weighted by molar-refractivity contribution is -0.117. The third-order valence-corrected chi connectivity index (χ3v) is 7.11. The molecule has 0 heterocycles.